The van der Waals surface area contributed by atoms with Gasteiger partial charge in [-0.25, -0.2) is 4.79 Å². The van der Waals surface area contributed by atoms with Crippen LogP contribution in [0.15, 0.2) is 37.0 Å². The average molecular weight is 295 g/mol. The first kappa shape index (κ1) is 21.8. The molecule has 0 saturated heterocycles. The third-order valence-electron chi connectivity index (χ3n) is 2.33. The number of alkyl carbamates (subject to hydrolysis) is 1. The summed E-state index contributed by atoms with van der Waals surface area (Å²) in [6, 6.07) is 0.0572. The lowest BCUT2D eigenvalue weighted by Crippen LogP contribution is -2.39. The van der Waals surface area contributed by atoms with Gasteiger partial charge < -0.3 is 10.1 Å². The predicted molar refractivity (Wildman–Crippen MR) is 92.5 cm³/mol. The van der Waals surface area contributed by atoms with Crippen molar-refractivity contribution in [2.24, 2.45) is 0 Å². The second-order valence-electron chi connectivity index (χ2n) is 5.59. The molecule has 1 N–H and O–H groups in total. The minimum Gasteiger partial charge on any atom is -0.444 e. The molecule has 3 heteroatoms. The normalized spacial score (nSPS) is 12.1. The molecule has 21 heavy (non-hydrogen) atoms. The molecule has 1 unspecified atom stereocenters. The number of carbonyl (C=O) groups excluding carboxylic acids is 1. The van der Waals surface area contributed by atoms with Crippen LogP contribution in [0.4, 0.5) is 4.79 Å². The Morgan fingerprint density at radius 1 is 1.33 bits per heavy atom. The highest BCUT2D eigenvalue weighted by Crippen LogP contribution is 2.12. The molecule has 0 aromatic rings. The van der Waals surface area contributed by atoms with E-state index in [0.717, 1.165) is 24.8 Å². The zero-order valence-electron chi connectivity index (χ0n) is 14.7. The van der Waals surface area contributed by atoms with E-state index in [9.17, 15) is 4.79 Å². The van der Waals surface area contributed by atoms with E-state index >= 15 is 0 Å². The van der Waals surface area contributed by atoms with Crippen molar-refractivity contribution in [2.45, 2.75) is 72.4 Å². The van der Waals surface area contributed by atoms with Crippen LogP contribution in [0.5, 0.6) is 0 Å². The van der Waals surface area contributed by atoms with Gasteiger partial charge in [-0.15, -0.1) is 0 Å². The van der Waals surface area contributed by atoms with Crippen LogP contribution in [0.2, 0.25) is 0 Å². The zero-order valence-corrected chi connectivity index (χ0v) is 14.7. The van der Waals surface area contributed by atoms with Crippen molar-refractivity contribution in [1.29, 1.82) is 0 Å². The number of allylic oxidation sites excluding steroid dienone is 3. The molecule has 0 aromatic heterocycles. The van der Waals surface area contributed by atoms with Crippen molar-refractivity contribution in [2.75, 3.05) is 0 Å². The van der Waals surface area contributed by atoms with Crippen molar-refractivity contribution >= 4 is 6.09 Å². The first-order chi connectivity index (χ1) is 9.78. The highest BCUT2D eigenvalue weighted by Gasteiger charge is 2.19. The molecule has 1 amide bonds. The smallest absolute Gasteiger partial charge is 0.407 e. The lowest BCUT2D eigenvalue weighted by molar-refractivity contribution is 0.0502. The number of nitrogens with one attached hydrogen (secondary N) is 1. The summed E-state index contributed by atoms with van der Waals surface area (Å²) in [6.07, 6.45) is 7.72. The fraction of sp³-hybridized carbons (Fsp3) is 0.611. The van der Waals surface area contributed by atoms with Gasteiger partial charge in [0.15, 0.2) is 0 Å². The lowest BCUT2D eigenvalue weighted by Gasteiger charge is -2.23. The number of rotatable bonds is 7. The molecule has 0 heterocycles. The second kappa shape index (κ2) is 12.2. The number of carbonyl (C=O) groups is 1. The maximum absolute atomic E-state index is 11.7. The fourth-order valence-corrected chi connectivity index (χ4v) is 1.64. The van der Waals surface area contributed by atoms with Gasteiger partial charge in [-0.1, -0.05) is 64.2 Å². The van der Waals surface area contributed by atoms with E-state index in [1.54, 1.807) is 6.08 Å². The summed E-state index contributed by atoms with van der Waals surface area (Å²) in [5.74, 6) is 0. The molecule has 1 atom stereocenters. The Kier molecular flexibility index (Phi) is 12.7. The van der Waals surface area contributed by atoms with Gasteiger partial charge in [-0.2, -0.15) is 0 Å². The largest absolute Gasteiger partial charge is 0.444 e. The van der Waals surface area contributed by atoms with E-state index in [1.807, 2.05) is 46.8 Å². The van der Waals surface area contributed by atoms with Gasteiger partial charge in [0, 0.05) is 6.04 Å². The lowest BCUT2D eigenvalue weighted by atomic mass is 10.0. The Hall–Kier alpha value is -1.51. The van der Waals surface area contributed by atoms with Gasteiger partial charge in [-0.3, -0.25) is 0 Å². The van der Waals surface area contributed by atoms with E-state index in [2.05, 4.69) is 25.4 Å². The Balaban J connectivity index is 0. The van der Waals surface area contributed by atoms with E-state index in [1.165, 1.54) is 0 Å². The standard InChI is InChI=1S/C16H27NO2.C2H6/c1-7-9-11-13(3)12-14(10-8-2)17-15(18)19-16(4,5)6;1-2/h7,9,11,14H,1,3,8,10,12H2,2,4-6H3,(H,17,18);1-2H3/b11-9-;. The summed E-state index contributed by atoms with van der Waals surface area (Å²) < 4.78 is 5.26. The third-order valence-corrected chi connectivity index (χ3v) is 2.33. The quantitative estimate of drug-likeness (QED) is 0.639. The maximum Gasteiger partial charge on any atom is 0.407 e. The molecule has 0 fully saturated rings. The molecule has 0 aliphatic heterocycles. The van der Waals surface area contributed by atoms with Gasteiger partial charge >= 0.3 is 6.09 Å². The molecule has 3 nitrogen and oxygen atoms in total. The highest BCUT2D eigenvalue weighted by atomic mass is 16.6. The van der Waals surface area contributed by atoms with Crippen LogP contribution in [-0.2, 0) is 4.74 Å². The fourth-order valence-electron chi connectivity index (χ4n) is 1.64. The molecule has 0 spiro atoms. The van der Waals surface area contributed by atoms with E-state index < -0.39 is 5.60 Å². The molecule has 0 saturated carbocycles. The summed E-state index contributed by atoms with van der Waals surface area (Å²) in [5, 5.41) is 2.90. The van der Waals surface area contributed by atoms with Crippen molar-refractivity contribution in [1.82, 2.24) is 5.32 Å². The van der Waals surface area contributed by atoms with Crippen LogP contribution in [0, 0.1) is 0 Å². The average Bonchev–Trinajstić information content (AvgIpc) is 2.36. The monoisotopic (exact) mass is 295 g/mol. The summed E-state index contributed by atoms with van der Waals surface area (Å²) in [6.45, 7) is 19.2. The van der Waals surface area contributed by atoms with Crippen LogP contribution >= 0.6 is 0 Å². The first-order valence-corrected chi connectivity index (χ1v) is 7.75. The molecule has 0 aliphatic carbocycles. The van der Waals surface area contributed by atoms with Gasteiger partial charge in [-0.05, 0) is 33.6 Å². The van der Waals surface area contributed by atoms with Crippen LogP contribution in [0.1, 0.15) is 60.8 Å². The molecule has 0 bridgehead atoms. The van der Waals surface area contributed by atoms with Crippen LogP contribution in [-0.4, -0.2) is 17.7 Å². The zero-order chi connectivity index (χ0) is 16.9. The number of hydrogen-bond donors (Lipinski definition) is 1. The third kappa shape index (κ3) is 14.7. The van der Waals surface area contributed by atoms with Gasteiger partial charge in [0.25, 0.3) is 0 Å². The molecule has 0 radical (unpaired) electrons. The van der Waals surface area contributed by atoms with Crippen LogP contribution in [0.3, 0.4) is 0 Å². The Labute approximate surface area is 131 Å². The molecule has 0 aliphatic rings. The van der Waals surface area contributed by atoms with E-state index in [0.29, 0.717) is 0 Å². The van der Waals surface area contributed by atoms with Gasteiger partial charge in [0.05, 0.1) is 0 Å². The molecular weight excluding hydrogens is 262 g/mol. The summed E-state index contributed by atoms with van der Waals surface area (Å²) in [7, 11) is 0. The molecule has 0 rings (SSSR count). The second-order valence-corrected chi connectivity index (χ2v) is 5.59. The van der Waals surface area contributed by atoms with E-state index in [-0.39, 0.29) is 12.1 Å². The SMILES string of the molecule is C=C/C=C\C(=C)CC(CCC)NC(=O)OC(C)(C)C.CC. The Bertz CT molecular complexity index is 338. The summed E-state index contributed by atoms with van der Waals surface area (Å²) >= 11 is 0. The van der Waals surface area contributed by atoms with Crippen molar-refractivity contribution in [3.8, 4) is 0 Å². The maximum atomic E-state index is 11.7. The summed E-state index contributed by atoms with van der Waals surface area (Å²) in [4.78, 5) is 11.7. The van der Waals surface area contributed by atoms with Gasteiger partial charge in [0.2, 0.25) is 0 Å². The number of amides is 1. The van der Waals surface area contributed by atoms with E-state index in [4.69, 9.17) is 4.74 Å². The Morgan fingerprint density at radius 2 is 1.90 bits per heavy atom. The van der Waals surface area contributed by atoms with Gasteiger partial charge in [0.1, 0.15) is 5.60 Å². The highest BCUT2D eigenvalue weighted by molar-refractivity contribution is 5.68. The van der Waals surface area contributed by atoms with Crippen molar-refractivity contribution in [3.63, 3.8) is 0 Å². The van der Waals surface area contributed by atoms with Crippen molar-refractivity contribution < 1.29 is 9.53 Å². The van der Waals surface area contributed by atoms with Crippen molar-refractivity contribution in [3.05, 3.63) is 37.0 Å². The molecule has 0 aromatic carbocycles. The molecular formula is C18H33NO2. The minimum atomic E-state index is -0.472. The summed E-state index contributed by atoms with van der Waals surface area (Å²) in [5.41, 5.74) is 0.495. The number of ether oxygens (including phenoxy) is 1. The first-order valence-electron chi connectivity index (χ1n) is 7.75. The van der Waals surface area contributed by atoms with Crippen LogP contribution in [0.25, 0.3) is 0 Å². The molecule has 122 valence electrons. The Morgan fingerprint density at radius 3 is 2.33 bits per heavy atom. The minimum absolute atomic E-state index is 0.0572. The van der Waals surface area contributed by atoms with Crippen LogP contribution < -0.4 is 5.32 Å². The number of hydrogen-bond acceptors (Lipinski definition) is 2. The predicted octanol–water partition coefficient (Wildman–Crippen LogP) is 5.39. The topological polar surface area (TPSA) is 38.3 Å².